The van der Waals surface area contributed by atoms with E-state index in [2.05, 4.69) is 5.32 Å². The van der Waals surface area contributed by atoms with Crippen LogP contribution in [-0.2, 0) is 4.79 Å². The molecule has 2 saturated heterocycles. The van der Waals surface area contributed by atoms with Crippen molar-refractivity contribution in [1.82, 2.24) is 10.2 Å². The Bertz CT molecular complexity index is 553. The molecule has 1 aromatic rings. The van der Waals surface area contributed by atoms with Crippen LogP contribution in [-0.4, -0.2) is 35.3 Å². The number of carbonyl (C=O) groups excluding carboxylic acids is 2. The van der Waals surface area contributed by atoms with Crippen molar-refractivity contribution < 1.29 is 9.59 Å². The number of aryl methyl sites for hydroxylation is 2. The maximum Gasteiger partial charge on any atom is 0.254 e. The number of nitrogens with one attached hydrogen (secondary N) is 1. The average Bonchev–Trinajstić information content (AvgIpc) is 2.90. The second kappa shape index (κ2) is 4.37. The Morgan fingerprint density at radius 3 is 2.84 bits per heavy atom. The fourth-order valence-electron chi connectivity index (χ4n) is 3.02. The number of hydrogen-bond donors (Lipinski definition) is 1. The summed E-state index contributed by atoms with van der Waals surface area (Å²) in [5, 5.41) is 2.94. The lowest BCUT2D eigenvalue weighted by atomic mass is 10.0. The molecule has 3 rings (SSSR count). The van der Waals surface area contributed by atoms with E-state index in [1.807, 2.05) is 36.9 Å². The molecule has 2 amide bonds. The Hall–Kier alpha value is -1.84. The summed E-state index contributed by atoms with van der Waals surface area (Å²) in [6, 6.07) is 6.00. The number of benzene rings is 1. The summed E-state index contributed by atoms with van der Waals surface area (Å²) >= 11 is 0. The fourth-order valence-corrected chi connectivity index (χ4v) is 3.02. The molecule has 1 N–H and O–H groups in total. The van der Waals surface area contributed by atoms with Crippen LogP contribution >= 0.6 is 0 Å². The molecular weight excluding hydrogens is 240 g/mol. The summed E-state index contributed by atoms with van der Waals surface area (Å²) in [6.07, 6.45) is 1.31. The van der Waals surface area contributed by atoms with Crippen LogP contribution in [0.15, 0.2) is 18.2 Å². The molecule has 2 atom stereocenters. The van der Waals surface area contributed by atoms with Crippen molar-refractivity contribution >= 4 is 11.8 Å². The van der Waals surface area contributed by atoms with Gasteiger partial charge in [-0.25, -0.2) is 0 Å². The molecule has 0 aromatic heterocycles. The monoisotopic (exact) mass is 258 g/mol. The second-order valence-corrected chi connectivity index (χ2v) is 5.53. The van der Waals surface area contributed by atoms with Crippen molar-refractivity contribution in [3.8, 4) is 0 Å². The van der Waals surface area contributed by atoms with Crippen LogP contribution in [0.2, 0.25) is 0 Å². The number of fused-ring (bicyclic) bond motifs is 1. The third kappa shape index (κ3) is 2.01. The molecule has 0 saturated carbocycles. The van der Waals surface area contributed by atoms with E-state index in [1.54, 1.807) is 0 Å². The van der Waals surface area contributed by atoms with E-state index in [4.69, 9.17) is 0 Å². The zero-order valence-electron chi connectivity index (χ0n) is 11.3. The summed E-state index contributed by atoms with van der Waals surface area (Å²) in [6.45, 7) is 4.79. The van der Waals surface area contributed by atoms with Gasteiger partial charge in [0.05, 0.1) is 12.1 Å². The summed E-state index contributed by atoms with van der Waals surface area (Å²) in [7, 11) is 0. The molecule has 0 unspecified atom stereocenters. The minimum absolute atomic E-state index is 0.0432. The summed E-state index contributed by atoms with van der Waals surface area (Å²) in [5.74, 6) is 0.111. The van der Waals surface area contributed by atoms with Crippen LogP contribution in [0.5, 0.6) is 0 Å². The van der Waals surface area contributed by atoms with Crippen LogP contribution < -0.4 is 5.32 Å². The molecule has 1 aromatic carbocycles. The van der Waals surface area contributed by atoms with Crippen LogP contribution in [0.25, 0.3) is 0 Å². The second-order valence-electron chi connectivity index (χ2n) is 5.53. The Morgan fingerprint density at radius 1 is 1.32 bits per heavy atom. The molecule has 4 nitrogen and oxygen atoms in total. The van der Waals surface area contributed by atoms with Crippen LogP contribution in [0.3, 0.4) is 0 Å². The number of nitrogens with zero attached hydrogens (tertiary/aromatic N) is 1. The number of carbonyl (C=O) groups is 2. The van der Waals surface area contributed by atoms with E-state index < -0.39 is 0 Å². The van der Waals surface area contributed by atoms with E-state index in [9.17, 15) is 9.59 Å². The van der Waals surface area contributed by atoms with Crippen LogP contribution in [0.4, 0.5) is 0 Å². The van der Waals surface area contributed by atoms with Crippen molar-refractivity contribution in [2.45, 2.75) is 38.8 Å². The maximum absolute atomic E-state index is 12.5. The van der Waals surface area contributed by atoms with E-state index in [-0.39, 0.29) is 23.9 Å². The van der Waals surface area contributed by atoms with Gasteiger partial charge in [-0.05, 0) is 43.5 Å². The van der Waals surface area contributed by atoms with Crippen molar-refractivity contribution in [3.63, 3.8) is 0 Å². The molecule has 0 aliphatic carbocycles. The Kier molecular flexibility index (Phi) is 2.81. The quantitative estimate of drug-likeness (QED) is 0.828. The molecule has 4 heteroatoms. The Morgan fingerprint density at radius 2 is 2.11 bits per heavy atom. The molecule has 0 spiro atoms. The van der Waals surface area contributed by atoms with E-state index >= 15 is 0 Å². The van der Waals surface area contributed by atoms with Crippen molar-refractivity contribution in [3.05, 3.63) is 34.9 Å². The van der Waals surface area contributed by atoms with Crippen molar-refractivity contribution in [2.75, 3.05) is 6.54 Å². The first-order chi connectivity index (χ1) is 9.06. The SMILES string of the molecule is Cc1ccc(C(=O)N2CC[C@@H]3NC(=O)C[C@@H]32)cc1C. The molecule has 2 aliphatic rings. The van der Waals surface area contributed by atoms with Gasteiger partial charge in [0.2, 0.25) is 5.91 Å². The van der Waals surface area contributed by atoms with Gasteiger partial charge < -0.3 is 10.2 Å². The minimum Gasteiger partial charge on any atom is -0.351 e. The van der Waals surface area contributed by atoms with Gasteiger partial charge in [0.25, 0.3) is 5.91 Å². The van der Waals surface area contributed by atoms with Crippen molar-refractivity contribution in [1.29, 1.82) is 0 Å². The first kappa shape index (κ1) is 12.2. The number of rotatable bonds is 1. The standard InChI is InChI=1S/C15H18N2O2/c1-9-3-4-11(7-10(9)2)15(19)17-6-5-12-13(17)8-14(18)16-12/h3-4,7,12-13H,5-6,8H2,1-2H3,(H,16,18)/t12-,13-/m0/s1. The largest absolute Gasteiger partial charge is 0.351 e. The van der Waals surface area contributed by atoms with Gasteiger partial charge >= 0.3 is 0 Å². The van der Waals surface area contributed by atoms with Gasteiger partial charge in [-0.1, -0.05) is 6.07 Å². The molecule has 0 radical (unpaired) electrons. The highest BCUT2D eigenvalue weighted by Gasteiger charge is 2.43. The van der Waals surface area contributed by atoms with Gasteiger partial charge in [0, 0.05) is 18.5 Å². The molecule has 2 aliphatic heterocycles. The third-order valence-electron chi connectivity index (χ3n) is 4.30. The molecular formula is C15H18N2O2. The third-order valence-corrected chi connectivity index (χ3v) is 4.30. The minimum atomic E-state index is 0.0432. The highest BCUT2D eigenvalue weighted by atomic mass is 16.2. The van der Waals surface area contributed by atoms with Crippen LogP contribution in [0.1, 0.15) is 34.3 Å². The van der Waals surface area contributed by atoms with Gasteiger partial charge in [-0.3, -0.25) is 9.59 Å². The number of amides is 2. The van der Waals surface area contributed by atoms with Crippen molar-refractivity contribution in [2.24, 2.45) is 0 Å². The summed E-state index contributed by atoms with van der Waals surface area (Å²) in [4.78, 5) is 25.8. The zero-order valence-corrected chi connectivity index (χ0v) is 11.3. The van der Waals surface area contributed by atoms with Gasteiger partial charge in [-0.2, -0.15) is 0 Å². The van der Waals surface area contributed by atoms with Gasteiger partial charge in [0.15, 0.2) is 0 Å². The first-order valence-corrected chi connectivity index (χ1v) is 6.74. The zero-order chi connectivity index (χ0) is 13.6. The smallest absolute Gasteiger partial charge is 0.254 e. The summed E-state index contributed by atoms with van der Waals surface area (Å²) < 4.78 is 0. The predicted molar refractivity (Wildman–Crippen MR) is 71.9 cm³/mol. The highest BCUT2D eigenvalue weighted by Crippen LogP contribution is 2.27. The van der Waals surface area contributed by atoms with E-state index in [0.717, 1.165) is 24.1 Å². The molecule has 100 valence electrons. The number of hydrogen-bond acceptors (Lipinski definition) is 2. The fraction of sp³-hybridized carbons (Fsp3) is 0.467. The highest BCUT2D eigenvalue weighted by molar-refractivity contribution is 5.96. The topological polar surface area (TPSA) is 49.4 Å². The molecule has 0 bridgehead atoms. The Labute approximate surface area is 112 Å². The van der Waals surface area contributed by atoms with E-state index in [1.165, 1.54) is 5.56 Å². The molecule has 2 fully saturated rings. The number of likely N-dealkylation sites (tertiary alicyclic amines) is 1. The average molecular weight is 258 g/mol. The normalized spacial score (nSPS) is 25.4. The maximum atomic E-state index is 12.5. The predicted octanol–water partition coefficient (Wildman–Crippen LogP) is 1.41. The van der Waals surface area contributed by atoms with Gasteiger partial charge in [0.1, 0.15) is 0 Å². The van der Waals surface area contributed by atoms with Crippen LogP contribution in [0, 0.1) is 13.8 Å². The first-order valence-electron chi connectivity index (χ1n) is 6.74. The Balaban J connectivity index is 1.84. The lowest BCUT2D eigenvalue weighted by Gasteiger charge is -2.23. The lowest BCUT2D eigenvalue weighted by molar-refractivity contribution is -0.119. The molecule has 19 heavy (non-hydrogen) atoms. The van der Waals surface area contributed by atoms with Gasteiger partial charge in [-0.15, -0.1) is 0 Å². The molecule has 2 heterocycles. The van der Waals surface area contributed by atoms with E-state index in [0.29, 0.717) is 6.42 Å². The summed E-state index contributed by atoms with van der Waals surface area (Å²) in [5.41, 5.74) is 3.04. The lowest BCUT2D eigenvalue weighted by Crippen LogP contribution is -2.38.